The lowest BCUT2D eigenvalue weighted by atomic mass is 9.85. The van der Waals surface area contributed by atoms with E-state index in [1.54, 1.807) is 0 Å². The maximum Gasteiger partial charge on any atom is 0.204 e. The Morgan fingerprint density at radius 3 is 2.09 bits per heavy atom. The van der Waals surface area contributed by atoms with E-state index >= 15 is 0 Å². The highest BCUT2D eigenvalue weighted by molar-refractivity contribution is 6.01. The van der Waals surface area contributed by atoms with Gasteiger partial charge in [0.05, 0.1) is 5.92 Å². The number of benzene rings is 3. The van der Waals surface area contributed by atoms with Gasteiger partial charge in [0.1, 0.15) is 5.75 Å². The summed E-state index contributed by atoms with van der Waals surface area (Å²) in [5.74, 6) is 0.756. The summed E-state index contributed by atoms with van der Waals surface area (Å²) < 4.78 is 6.04. The van der Waals surface area contributed by atoms with E-state index in [4.69, 9.17) is 4.74 Å². The van der Waals surface area contributed by atoms with Crippen molar-refractivity contribution in [3.8, 4) is 5.75 Å². The molecular weight excluding hydrogens is 284 g/mol. The summed E-state index contributed by atoms with van der Waals surface area (Å²) in [5.41, 5.74) is 2.87. The van der Waals surface area contributed by atoms with Gasteiger partial charge in [0.15, 0.2) is 6.10 Å². The molecule has 2 heteroatoms. The lowest BCUT2D eigenvalue weighted by Gasteiger charge is -2.18. The lowest BCUT2D eigenvalue weighted by molar-refractivity contribution is 0.0806. The van der Waals surface area contributed by atoms with Crippen LogP contribution >= 0.6 is 0 Å². The predicted octanol–water partition coefficient (Wildman–Crippen LogP) is 4.46. The number of Topliss-reactive ketones (excluding diaryl/α,β-unsaturated/α-hetero) is 1. The van der Waals surface area contributed by atoms with Crippen LogP contribution < -0.4 is 4.74 Å². The number of carbonyl (C=O) groups is 1. The lowest BCUT2D eigenvalue weighted by Crippen LogP contribution is -2.29. The number of ether oxygens (including phenoxy) is 1. The summed E-state index contributed by atoms with van der Waals surface area (Å²) in [6, 6.07) is 27.4. The van der Waals surface area contributed by atoms with Gasteiger partial charge in [-0.15, -0.1) is 0 Å². The number of carbonyl (C=O) groups excluding carboxylic acids is 1. The molecule has 0 unspecified atom stereocenters. The fourth-order valence-electron chi connectivity index (χ4n) is 3.20. The molecule has 4 rings (SSSR count). The van der Waals surface area contributed by atoms with Crippen molar-refractivity contribution in [3.05, 3.63) is 102 Å². The van der Waals surface area contributed by atoms with Gasteiger partial charge < -0.3 is 4.74 Å². The minimum Gasteiger partial charge on any atom is -0.481 e. The van der Waals surface area contributed by atoms with Gasteiger partial charge in [0, 0.05) is 11.1 Å². The van der Waals surface area contributed by atoms with Crippen molar-refractivity contribution in [1.82, 2.24) is 0 Å². The van der Waals surface area contributed by atoms with E-state index in [0.717, 1.165) is 16.9 Å². The van der Waals surface area contributed by atoms with E-state index in [-0.39, 0.29) is 11.7 Å². The first-order valence-electron chi connectivity index (χ1n) is 7.74. The summed E-state index contributed by atoms with van der Waals surface area (Å²) in [5, 5.41) is 0. The molecule has 0 N–H and O–H groups in total. The Labute approximate surface area is 135 Å². The van der Waals surface area contributed by atoms with Crippen LogP contribution in [-0.4, -0.2) is 11.9 Å². The SMILES string of the molecule is O=C(c1ccccc1)[C@@H]1Oc2ccccc2[C@H]1c1ccccc1. The average molecular weight is 300 g/mol. The van der Waals surface area contributed by atoms with Gasteiger partial charge >= 0.3 is 0 Å². The smallest absolute Gasteiger partial charge is 0.204 e. The Balaban J connectivity index is 1.79. The highest BCUT2D eigenvalue weighted by Crippen LogP contribution is 2.43. The molecule has 112 valence electrons. The molecule has 0 aromatic heterocycles. The Bertz CT molecular complexity index is 825. The molecule has 2 nitrogen and oxygen atoms in total. The average Bonchev–Trinajstić information content (AvgIpc) is 3.02. The first-order valence-corrected chi connectivity index (χ1v) is 7.74. The highest BCUT2D eigenvalue weighted by atomic mass is 16.5. The Kier molecular flexibility index (Phi) is 3.43. The zero-order chi connectivity index (χ0) is 15.6. The van der Waals surface area contributed by atoms with Crippen LogP contribution in [-0.2, 0) is 0 Å². The zero-order valence-corrected chi connectivity index (χ0v) is 12.6. The van der Waals surface area contributed by atoms with Gasteiger partial charge in [-0.05, 0) is 11.6 Å². The van der Waals surface area contributed by atoms with Gasteiger partial charge in [-0.1, -0.05) is 78.9 Å². The van der Waals surface area contributed by atoms with Gasteiger partial charge in [0.2, 0.25) is 5.78 Å². The van der Waals surface area contributed by atoms with Crippen molar-refractivity contribution in [2.45, 2.75) is 12.0 Å². The molecule has 1 heterocycles. The van der Waals surface area contributed by atoms with Crippen LogP contribution in [0.2, 0.25) is 0 Å². The van der Waals surface area contributed by atoms with Crippen LogP contribution in [0.1, 0.15) is 27.4 Å². The molecule has 0 radical (unpaired) electrons. The molecule has 0 saturated carbocycles. The number of para-hydroxylation sites is 1. The molecule has 0 aliphatic carbocycles. The molecule has 0 spiro atoms. The largest absolute Gasteiger partial charge is 0.481 e. The quantitative estimate of drug-likeness (QED) is 0.667. The molecular formula is C21H16O2. The molecule has 1 aliphatic rings. The molecule has 3 aromatic rings. The first-order chi connectivity index (χ1) is 11.3. The monoisotopic (exact) mass is 300 g/mol. The number of ketones is 1. The van der Waals surface area contributed by atoms with E-state index in [0.29, 0.717) is 5.56 Å². The van der Waals surface area contributed by atoms with Crippen LogP contribution in [0.5, 0.6) is 5.75 Å². The van der Waals surface area contributed by atoms with Crippen LogP contribution in [0, 0.1) is 0 Å². The summed E-state index contributed by atoms with van der Waals surface area (Å²) in [4.78, 5) is 13.0. The van der Waals surface area contributed by atoms with Crippen molar-refractivity contribution in [2.24, 2.45) is 0 Å². The molecule has 0 bridgehead atoms. The van der Waals surface area contributed by atoms with Crippen LogP contribution in [0.4, 0.5) is 0 Å². The van der Waals surface area contributed by atoms with E-state index in [2.05, 4.69) is 12.1 Å². The molecule has 23 heavy (non-hydrogen) atoms. The number of rotatable bonds is 3. The molecule has 0 fully saturated rings. The maximum absolute atomic E-state index is 13.0. The van der Waals surface area contributed by atoms with Crippen LogP contribution in [0.25, 0.3) is 0 Å². The Hall–Kier alpha value is -2.87. The Morgan fingerprint density at radius 2 is 1.35 bits per heavy atom. The van der Waals surface area contributed by atoms with Crippen LogP contribution in [0.3, 0.4) is 0 Å². The van der Waals surface area contributed by atoms with Crippen molar-refractivity contribution in [3.63, 3.8) is 0 Å². The van der Waals surface area contributed by atoms with Gasteiger partial charge in [-0.2, -0.15) is 0 Å². The Morgan fingerprint density at radius 1 is 0.739 bits per heavy atom. The standard InChI is InChI=1S/C21H16O2/c22-20(16-11-5-2-6-12-16)21-19(15-9-3-1-4-10-15)17-13-7-8-14-18(17)23-21/h1-14,19,21H/t19-,21-/m1/s1. The molecule has 0 saturated heterocycles. The fourth-order valence-corrected chi connectivity index (χ4v) is 3.20. The van der Waals surface area contributed by atoms with Crippen molar-refractivity contribution >= 4 is 5.78 Å². The second kappa shape index (κ2) is 5.73. The van der Waals surface area contributed by atoms with E-state index in [9.17, 15) is 4.79 Å². The number of hydrogen-bond acceptors (Lipinski definition) is 2. The molecule has 2 atom stereocenters. The third kappa shape index (κ3) is 2.42. The second-order valence-electron chi connectivity index (χ2n) is 5.69. The van der Waals surface area contributed by atoms with Crippen molar-refractivity contribution < 1.29 is 9.53 Å². The van der Waals surface area contributed by atoms with Gasteiger partial charge in [-0.3, -0.25) is 4.79 Å². The van der Waals surface area contributed by atoms with Gasteiger partial charge in [-0.25, -0.2) is 0 Å². The number of hydrogen-bond donors (Lipinski definition) is 0. The van der Waals surface area contributed by atoms with Crippen molar-refractivity contribution in [2.75, 3.05) is 0 Å². The highest BCUT2D eigenvalue weighted by Gasteiger charge is 2.40. The molecule has 0 amide bonds. The fraction of sp³-hybridized carbons (Fsp3) is 0.0952. The third-order valence-corrected chi connectivity index (χ3v) is 4.29. The van der Waals surface area contributed by atoms with E-state index < -0.39 is 6.10 Å². The summed E-state index contributed by atoms with van der Waals surface area (Å²) in [6.45, 7) is 0. The summed E-state index contributed by atoms with van der Waals surface area (Å²) in [7, 11) is 0. The van der Waals surface area contributed by atoms with Crippen molar-refractivity contribution in [1.29, 1.82) is 0 Å². The minimum atomic E-state index is -0.516. The van der Waals surface area contributed by atoms with Gasteiger partial charge in [0.25, 0.3) is 0 Å². The minimum absolute atomic E-state index is 0.0238. The topological polar surface area (TPSA) is 26.3 Å². The third-order valence-electron chi connectivity index (χ3n) is 4.29. The molecule has 3 aromatic carbocycles. The normalized spacial score (nSPS) is 19.0. The predicted molar refractivity (Wildman–Crippen MR) is 89.9 cm³/mol. The van der Waals surface area contributed by atoms with E-state index in [1.807, 2.05) is 72.8 Å². The summed E-state index contributed by atoms with van der Waals surface area (Å²) >= 11 is 0. The summed E-state index contributed by atoms with van der Waals surface area (Å²) in [6.07, 6.45) is -0.516. The van der Waals surface area contributed by atoms with E-state index in [1.165, 1.54) is 0 Å². The zero-order valence-electron chi connectivity index (χ0n) is 12.6. The number of fused-ring (bicyclic) bond motifs is 1. The maximum atomic E-state index is 13.0. The molecule has 1 aliphatic heterocycles. The first kappa shape index (κ1) is 13.8. The second-order valence-corrected chi connectivity index (χ2v) is 5.69. The van der Waals surface area contributed by atoms with Crippen LogP contribution in [0.15, 0.2) is 84.9 Å².